The number of amides is 1. The van der Waals surface area contributed by atoms with Gasteiger partial charge >= 0.3 is 0 Å². The molecular weight excluding hydrogens is 332 g/mol. The van der Waals surface area contributed by atoms with Crippen molar-refractivity contribution in [2.75, 3.05) is 13.7 Å². The van der Waals surface area contributed by atoms with Gasteiger partial charge in [-0.25, -0.2) is 4.68 Å². The molecule has 2 aromatic heterocycles. The largest absolute Gasteiger partial charge is 0.497 e. The third kappa shape index (κ3) is 3.92. The minimum Gasteiger partial charge on any atom is -0.497 e. The number of methoxy groups -OCH3 is 1. The van der Waals surface area contributed by atoms with Crippen molar-refractivity contribution >= 4 is 5.91 Å². The minimum atomic E-state index is -0.246. The van der Waals surface area contributed by atoms with E-state index in [0.29, 0.717) is 24.5 Å². The number of nitrogens with zero attached hydrogens (tertiary/aromatic N) is 4. The van der Waals surface area contributed by atoms with Crippen LogP contribution in [0.15, 0.2) is 59.3 Å². The first kappa shape index (κ1) is 17.3. The van der Waals surface area contributed by atoms with Crippen molar-refractivity contribution in [3.63, 3.8) is 0 Å². The van der Waals surface area contributed by atoms with Gasteiger partial charge in [-0.05, 0) is 42.5 Å². The lowest BCUT2D eigenvalue weighted by Gasteiger charge is -2.19. The molecule has 3 aromatic rings. The van der Waals surface area contributed by atoms with E-state index < -0.39 is 0 Å². The molecule has 0 bridgehead atoms. The Morgan fingerprint density at radius 2 is 2.12 bits per heavy atom. The maximum atomic E-state index is 12.8. The van der Waals surface area contributed by atoms with Crippen molar-refractivity contribution < 1.29 is 13.9 Å². The van der Waals surface area contributed by atoms with E-state index in [1.165, 1.54) is 0 Å². The Balaban J connectivity index is 1.78. The Kier molecular flexibility index (Phi) is 5.34. The molecule has 7 heteroatoms. The molecule has 0 aliphatic heterocycles. The number of furan rings is 1. The molecule has 0 aliphatic rings. The summed E-state index contributed by atoms with van der Waals surface area (Å²) in [5.74, 6) is 1.16. The van der Waals surface area contributed by atoms with Gasteiger partial charge in [0.2, 0.25) is 0 Å². The van der Waals surface area contributed by atoms with Crippen molar-refractivity contribution in [1.29, 1.82) is 5.26 Å². The minimum absolute atomic E-state index is 0.242. The molecule has 2 heterocycles. The molecular formula is C19H18N4O3. The molecule has 7 nitrogen and oxygen atoms in total. The average Bonchev–Trinajstić information content (AvgIpc) is 3.36. The predicted octanol–water partition coefficient (Wildman–Crippen LogP) is 3.03. The Morgan fingerprint density at radius 3 is 2.77 bits per heavy atom. The predicted molar refractivity (Wildman–Crippen MR) is 93.8 cm³/mol. The van der Waals surface area contributed by atoms with Crippen molar-refractivity contribution in [3.05, 3.63) is 66.4 Å². The summed E-state index contributed by atoms with van der Waals surface area (Å²) in [5.41, 5.74) is 1.13. The number of nitriles is 1. The number of carbonyl (C=O) groups is 1. The van der Waals surface area contributed by atoms with Gasteiger partial charge in [-0.15, -0.1) is 0 Å². The highest BCUT2D eigenvalue weighted by molar-refractivity contribution is 5.92. The van der Waals surface area contributed by atoms with Crippen LogP contribution < -0.4 is 4.74 Å². The van der Waals surface area contributed by atoms with Gasteiger partial charge in [0, 0.05) is 12.7 Å². The van der Waals surface area contributed by atoms with E-state index in [0.717, 1.165) is 11.4 Å². The fourth-order valence-corrected chi connectivity index (χ4v) is 2.51. The molecule has 0 saturated carbocycles. The van der Waals surface area contributed by atoms with Crippen molar-refractivity contribution in [2.24, 2.45) is 0 Å². The summed E-state index contributed by atoms with van der Waals surface area (Å²) in [6.45, 7) is 0.605. The van der Waals surface area contributed by atoms with Gasteiger partial charge in [0.05, 0.1) is 38.1 Å². The quantitative estimate of drug-likeness (QED) is 0.654. The van der Waals surface area contributed by atoms with Gasteiger partial charge < -0.3 is 14.1 Å². The summed E-state index contributed by atoms with van der Waals surface area (Å²) in [7, 11) is 1.61. The topological polar surface area (TPSA) is 84.3 Å². The van der Waals surface area contributed by atoms with Gasteiger partial charge in [-0.2, -0.15) is 10.4 Å². The zero-order valence-electron chi connectivity index (χ0n) is 14.3. The molecule has 0 radical (unpaired) electrons. The van der Waals surface area contributed by atoms with Crippen LogP contribution in [0.3, 0.4) is 0 Å². The first-order valence-electron chi connectivity index (χ1n) is 8.10. The van der Waals surface area contributed by atoms with E-state index in [9.17, 15) is 4.79 Å². The number of carbonyl (C=O) groups excluding carboxylic acids is 1. The lowest BCUT2D eigenvalue weighted by Crippen LogP contribution is -2.31. The fraction of sp³-hybridized carbons (Fsp3) is 0.211. The monoisotopic (exact) mass is 350 g/mol. The molecule has 26 heavy (non-hydrogen) atoms. The van der Waals surface area contributed by atoms with E-state index in [1.54, 1.807) is 47.4 Å². The van der Waals surface area contributed by atoms with E-state index in [4.69, 9.17) is 14.4 Å². The van der Waals surface area contributed by atoms with Crippen LogP contribution in [0.5, 0.6) is 5.75 Å². The summed E-state index contributed by atoms with van der Waals surface area (Å²) in [5, 5.41) is 13.2. The highest BCUT2D eigenvalue weighted by atomic mass is 16.5. The fourth-order valence-electron chi connectivity index (χ4n) is 2.51. The molecule has 1 amide bonds. The second-order valence-electron chi connectivity index (χ2n) is 5.56. The lowest BCUT2D eigenvalue weighted by molar-refractivity contribution is 0.0729. The highest BCUT2D eigenvalue weighted by Crippen LogP contribution is 2.16. The number of benzene rings is 1. The first-order valence-corrected chi connectivity index (χ1v) is 8.10. The second-order valence-corrected chi connectivity index (χ2v) is 5.56. The molecule has 0 spiro atoms. The number of hydrogen-bond acceptors (Lipinski definition) is 5. The van der Waals surface area contributed by atoms with E-state index in [-0.39, 0.29) is 12.3 Å². The summed E-state index contributed by atoms with van der Waals surface area (Å²) < 4.78 is 12.1. The van der Waals surface area contributed by atoms with Crippen LogP contribution in [-0.2, 0) is 6.54 Å². The summed E-state index contributed by atoms with van der Waals surface area (Å²) in [4.78, 5) is 14.4. The van der Waals surface area contributed by atoms with Gasteiger partial charge in [0.15, 0.2) is 5.69 Å². The average molecular weight is 350 g/mol. The van der Waals surface area contributed by atoms with Gasteiger partial charge in [0.25, 0.3) is 5.91 Å². The van der Waals surface area contributed by atoms with Crippen molar-refractivity contribution in [1.82, 2.24) is 14.7 Å². The zero-order chi connectivity index (χ0) is 18.4. The van der Waals surface area contributed by atoms with Gasteiger partial charge in [-0.3, -0.25) is 4.79 Å². The summed E-state index contributed by atoms with van der Waals surface area (Å²) in [6.07, 6.45) is 3.52. The Labute approximate surface area is 151 Å². The molecule has 0 unspecified atom stereocenters. The molecule has 1 aromatic carbocycles. The molecule has 132 valence electrons. The molecule has 0 saturated heterocycles. The Morgan fingerprint density at radius 1 is 1.31 bits per heavy atom. The molecule has 3 rings (SSSR count). The van der Waals surface area contributed by atoms with Gasteiger partial charge in [0.1, 0.15) is 11.5 Å². The Hall–Kier alpha value is -3.53. The standard InChI is InChI=1S/C19H18N4O3/c1-25-16-7-5-15(6-8-16)23-12-9-18(21-23)19(24)22(11-3-10-20)14-17-4-2-13-26-17/h2,4-9,12-13H,3,11,14H2,1H3. The lowest BCUT2D eigenvalue weighted by atomic mass is 10.3. The van der Waals surface area contributed by atoms with E-state index >= 15 is 0 Å². The van der Waals surface area contributed by atoms with Crippen LogP contribution in [0.2, 0.25) is 0 Å². The van der Waals surface area contributed by atoms with Crippen molar-refractivity contribution in [3.8, 4) is 17.5 Å². The maximum absolute atomic E-state index is 12.8. The smallest absolute Gasteiger partial charge is 0.274 e. The third-order valence-electron chi connectivity index (χ3n) is 3.85. The van der Waals surface area contributed by atoms with Crippen molar-refractivity contribution in [2.45, 2.75) is 13.0 Å². The van der Waals surface area contributed by atoms with Gasteiger partial charge in [-0.1, -0.05) is 0 Å². The summed E-state index contributed by atoms with van der Waals surface area (Å²) in [6, 6.07) is 14.7. The van der Waals surface area contributed by atoms with Crippen LogP contribution in [0, 0.1) is 11.3 Å². The molecule has 0 atom stereocenters. The SMILES string of the molecule is COc1ccc(-n2ccc(C(=O)N(CCC#N)Cc3ccco3)n2)cc1. The van der Waals surface area contributed by atoms with E-state index in [2.05, 4.69) is 11.2 Å². The number of ether oxygens (including phenoxy) is 1. The normalized spacial score (nSPS) is 10.3. The molecule has 0 N–H and O–H groups in total. The first-order chi connectivity index (χ1) is 12.7. The van der Waals surface area contributed by atoms with Crippen LogP contribution >= 0.6 is 0 Å². The van der Waals surface area contributed by atoms with Crippen LogP contribution in [-0.4, -0.2) is 34.2 Å². The molecule has 0 aliphatic carbocycles. The molecule has 0 fully saturated rings. The highest BCUT2D eigenvalue weighted by Gasteiger charge is 2.19. The Bertz CT molecular complexity index is 892. The summed E-state index contributed by atoms with van der Waals surface area (Å²) >= 11 is 0. The number of rotatable bonds is 7. The zero-order valence-corrected chi connectivity index (χ0v) is 14.3. The second kappa shape index (κ2) is 8.03. The third-order valence-corrected chi connectivity index (χ3v) is 3.85. The maximum Gasteiger partial charge on any atom is 0.274 e. The van der Waals surface area contributed by atoms with E-state index in [1.807, 2.05) is 24.3 Å². The van der Waals surface area contributed by atoms with Crippen LogP contribution in [0.1, 0.15) is 22.7 Å². The number of hydrogen-bond donors (Lipinski definition) is 0. The number of aromatic nitrogens is 2. The van der Waals surface area contributed by atoms with Crippen LogP contribution in [0.25, 0.3) is 5.69 Å². The van der Waals surface area contributed by atoms with Crippen LogP contribution in [0.4, 0.5) is 0 Å².